The Labute approximate surface area is 121 Å². The van der Waals surface area contributed by atoms with Crippen LogP contribution in [0, 0.1) is 6.92 Å². The van der Waals surface area contributed by atoms with Crippen molar-refractivity contribution in [2.75, 3.05) is 29.1 Å². The Bertz CT molecular complexity index is 440. The van der Waals surface area contributed by atoms with Crippen LogP contribution in [-0.2, 0) is 0 Å². The van der Waals surface area contributed by atoms with Gasteiger partial charge >= 0.3 is 0 Å². The van der Waals surface area contributed by atoms with Gasteiger partial charge in [0, 0.05) is 35.8 Å². The molecule has 2 saturated heterocycles. The predicted molar refractivity (Wildman–Crippen MR) is 86.6 cm³/mol. The molecule has 0 aromatic heterocycles. The predicted octanol–water partition coefficient (Wildman–Crippen LogP) is 3.90. The lowest BCUT2D eigenvalue weighted by Crippen LogP contribution is -2.25. The first-order valence-electron chi connectivity index (χ1n) is 7.48. The lowest BCUT2D eigenvalue weighted by Gasteiger charge is -2.22. The van der Waals surface area contributed by atoms with Gasteiger partial charge in [-0.25, -0.2) is 0 Å². The lowest BCUT2D eigenvalue weighted by atomic mass is 10.1. The fourth-order valence-electron chi connectivity index (χ4n) is 3.10. The van der Waals surface area contributed by atoms with Crippen LogP contribution in [-0.4, -0.2) is 30.1 Å². The summed E-state index contributed by atoms with van der Waals surface area (Å²) in [6, 6.07) is 7.55. The first-order valence-corrected chi connectivity index (χ1v) is 8.52. The third-order valence-corrected chi connectivity index (χ3v) is 5.72. The number of nitrogens with one attached hydrogen (secondary N) is 1. The van der Waals surface area contributed by atoms with Crippen molar-refractivity contribution < 1.29 is 0 Å². The Morgan fingerprint density at radius 3 is 2.68 bits per heavy atom. The number of aryl methyl sites for hydroxylation is 1. The minimum absolute atomic E-state index is 0.640. The normalized spacial score (nSPS) is 26.9. The molecule has 1 aromatic carbocycles. The third-order valence-electron chi connectivity index (χ3n) is 4.40. The molecule has 1 aromatic rings. The van der Waals surface area contributed by atoms with Gasteiger partial charge in [0.05, 0.1) is 0 Å². The number of hydrogen-bond acceptors (Lipinski definition) is 3. The Morgan fingerprint density at radius 2 is 2.05 bits per heavy atom. The van der Waals surface area contributed by atoms with E-state index in [4.69, 9.17) is 0 Å². The van der Waals surface area contributed by atoms with Crippen LogP contribution in [0.25, 0.3) is 0 Å². The van der Waals surface area contributed by atoms with Gasteiger partial charge in [-0.05, 0) is 55.7 Å². The molecule has 3 heteroatoms. The van der Waals surface area contributed by atoms with Crippen molar-refractivity contribution in [3.8, 4) is 0 Å². The summed E-state index contributed by atoms with van der Waals surface area (Å²) in [6.45, 7) is 7.02. The minimum atomic E-state index is 0.640. The van der Waals surface area contributed by atoms with Crippen LogP contribution >= 0.6 is 11.8 Å². The van der Waals surface area contributed by atoms with Crippen LogP contribution in [0.15, 0.2) is 18.2 Å². The van der Waals surface area contributed by atoms with E-state index in [0.29, 0.717) is 6.04 Å². The number of hydrogen-bond donors (Lipinski definition) is 1. The van der Waals surface area contributed by atoms with Crippen molar-refractivity contribution in [2.24, 2.45) is 0 Å². The van der Waals surface area contributed by atoms with Crippen LogP contribution < -0.4 is 10.2 Å². The minimum Gasteiger partial charge on any atom is -0.381 e. The molecule has 2 heterocycles. The molecule has 1 N–H and O–H groups in total. The molecule has 2 nitrogen and oxygen atoms in total. The summed E-state index contributed by atoms with van der Waals surface area (Å²) in [5.74, 6) is 1.30. The summed E-state index contributed by atoms with van der Waals surface area (Å²) in [5, 5.41) is 4.47. The Hall–Kier alpha value is -0.830. The standard InChI is InChI=1S/C16H24N2S/c1-12-11-14(18-8-3-4-9-18)5-6-15(12)17-16-7-10-19-13(16)2/h5-6,11,13,16-17H,3-4,7-10H2,1-2H3. The number of nitrogens with zero attached hydrogens (tertiary/aromatic N) is 1. The molecule has 0 spiro atoms. The fourth-order valence-corrected chi connectivity index (χ4v) is 4.30. The summed E-state index contributed by atoms with van der Waals surface area (Å²) in [6.07, 6.45) is 3.98. The van der Waals surface area contributed by atoms with Gasteiger partial charge in [-0.3, -0.25) is 0 Å². The molecule has 0 bridgehead atoms. The highest BCUT2D eigenvalue weighted by molar-refractivity contribution is 8.00. The second-order valence-electron chi connectivity index (χ2n) is 5.81. The molecule has 2 fully saturated rings. The van der Waals surface area contributed by atoms with E-state index < -0.39 is 0 Å². The molecule has 2 atom stereocenters. The van der Waals surface area contributed by atoms with Gasteiger partial charge in [0.25, 0.3) is 0 Å². The van der Waals surface area contributed by atoms with Gasteiger partial charge in [0.15, 0.2) is 0 Å². The lowest BCUT2D eigenvalue weighted by molar-refractivity contribution is 0.723. The number of benzene rings is 1. The summed E-state index contributed by atoms with van der Waals surface area (Å²) in [4.78, 5) is 2.50. The number of rotatable bonds is 3. The quantitative estimate of drug-likeness (QED) is 0.901. The topological polar surface area (TPSA) is 15.3 Å². The molecule has 2 aliphatic rings. The molecule has 2 unspecified atom stereocenters. The van der Waals surface area contributed by atoms with E-state index in [1.54, 1.807) is 0 Å². The van der Waals surface area contributed by atoms with Gasteiger partial charge in [-0.1, -0.05) is 6.92 Å². The first kappa shape index (κ1) is 13.2. The van der Waals surface area contributed by atoms with Crippen molar-refractivity contribution in [2.45, 2.75) is 44.4 Å². The van der Waals surface area contributed by atoms with E-state index in [9.17, 15) is 0 Å². The van der Waals surface area contributed by atoms with Crippen molar-refractivity contribution in [3.63, 3.8) is 0 Å². The Balaban J connectivity index is 1.72. The highest BCUT2D eigenvalue weighted by Crippen LogP contribution is 2.31. The van der Waals surface area contributed by atoms with Crippen LogP contribution in [0.4, 0.5) is 11.4 Å². The summed E-state index contributed by atoms with van der Waals surface area (Å²) in [5.41, 5.74) is 4.10. The SMILES string of the molecule is Cc1cc(N2CCCC2)ccc1NC1CCSC1C. The maximum absolute atomic E-state index is 3.74. The zero-order chi connectivity index (χ0) is 13.2. The van der Waals surface area contributed by atoms with Crippen molar-refractivity contribution in [1.82, 2.24) is 0 Å². The summed E-state index contributed by atoms with van der Waals surface area (Å²) in [7, 11) is 0. The van der Waals surface area contributed by atoms with Crippen molar-refractivity contribution in [3.05, 3.63) is 23.8 Å². The summed E-state index contributed by atoms with van der Waals surface area (Å²) < 4.78 is 0. The van der Waals surface area contributed by atoms with Crippen LogP contribution in [0.3, 0.4) is 0 Å². The molecule has 0 radical (unpaired) electrons. The molecule has 2 aliphatic heterocycles. The van der Waals surface area contributed by atoms with Gasteiger partial charge < -0.3 is 10.2 Å². The third kappa shape index (κ3) is 2.86. The van der Waals surface area contributed by atoms with E-state index in [2.05, 4.69) is 54.0 Å². The van der Waals surface area contributed by atoms with E-state index in [1.807, 2.05) is 0 Å². The maximum Gasteiger partial charge on any atom is 0.0385 e. The largest absolute Gasteiger partial charge is 0.381 e. The average molecular weight is 276 g/mol. The van der Waals surface area contributed by atoms with Crippen molar-refractivity contribution >= 4 is 23.1 Å². The van der Waals surface area contributed by atoms with Gasteiger partial charge in [0.1, 0.15) is 0 Å². The smallest absolute Gasteiger partial charge is 0.0385 e. The zero-order valence-electron chi connectivity index (χ0n) is 12.0. The summed E-state index contributed by atoms with van der Waals surface area (Å²) >= 11 is 2.08. The fraction of sp³-hybridized carbons (Fsp3) is 0.625. The monoisotopic (exact) mass is 276 g/mol. The molecule has 19 heavy (non-hydrogen) atoms. The van der Waals surface area contributed by atoms with Crippen LogP contribution in [0.5, 0.6) is 0 Å². The van der Waals surface area contributed by atoms with E-state index in [-0.39, 0.29) is 0 Å². The highest BCUT2D eigenvalue weighted by atomic mass is 32.2. The molecule has 104 valence electrons. The highest BCUT2D eigenvalue weighted by Gasteiger charge is 2.24. The second kappa shape index (κ2) is 5.66. The second-order valence-corrected chi connectivity index (χ2v) is 7.29. The molecule has 0 aliphatic carbocycles. The maximum atomic E-state index is 3.74. The number of anilines is 2. The molecule has 0 saturated carbocycles. The van der Waals surface area contributed by atoms with E-state index >= 15 is 0 Å². The molecule has 3 rings (SSSR count). The van der Waals surface area contributed by atoms with Crippen LogP contribution in [0.2, 0.25) is 0 Å². The zero-order valence-corrected chi connectivity index (χ0v) is 12.8. The molecular formula is C16H24N2S. The van der Waals surface area contributed by atoms with Gasteiger partial charge in [0.2, 0.25) is 0 Å². The van der Waals surface area contributed by atoms with Crippen LogP contribution in [0.1, 0.15) is 31.7 Å². The average Bonchev–Trinajstić information content (AvgIpc) is 3.04. The van der Waals surface area contributed by atoms with E-state index in [0.717, 1.165) is 5.25 Å². The first-order chi connectivity index (χ1) is 9.24. The molecular weight excluding hydrogens is 252 g/mol. The van der Waals surface area contributed by atoms with Crippen molar-refractivity contribution in [1.29, 1.82) is 0 Å². The number of thioether (sulfide) groups is 1. The Kier molecular flexibility index (Phi) is 3.92. The Morgan fingerprint density at radius 1 is 1.26 bits per heavy atom. The van der Waals surface area contributed by atoms with Gasteiger partial charge in [-0.2, -0.15) is 11.8 Å². The van der Waals surface area contributed by atoms with E-state index in [1.165, 1.54) is 55.0 Å². The molecule has 0 amide bonds. The van der Waals surface area contributed by atoms with Gasteiger partial charge in [-0.15, -0.1) is 0 Å².